The van der Waals surface area contributed by atoms with Gasteiger partial charge in [0.25, 0.3) is 0 Å². The second-order valence-corrected chi connectivity index (χ2v) is 6.93. The lowest BCUT2D eigenvalue weighted by molar-refractivity contribution is -0.141. The van der Waals surface area contributed by atoms with E-state index in [4.69, 9.17) is 21.1 Å². The number of nitrogens with zero attached hydrogens (tertiary/aromatic N) is 6. The van der Waals surface area contributed by atoms with E-state index in [0.717, 1.165) is 5.56 Å². The Morgan fingerprint density at radius 1 is 1.28 bits per heavy atom. The maximum atomic E-state index is 12.7. The predicted octanol–water partition coefficient (Wildman–Crippen LogP) is 1.69. The molecule has 0 N–H and O–H groups in total. The number of amides is 1. The van der Waals surface area contributed by atoms with Crippen molar-refractivity contribution in [2.24, 2.45) is 0 Å². The smallest absolute Gasteiger partial charge is 0.246 e. The van der Waals surface area contributed by atoms with Gasteiger partial charge in [-0.3, -0.25) is 9.78 Å². The summed E-state index contributed by atoms with van der Waals surface area (Å²) in [5.41, 5.74) is 0.852. The topological polar surface area (TPSA) is 95.3 Å². The van der Waals surface area contributed by atoms with Crippen LogP contribution in [0.3, 0.4) is 0 Å². The first-order chi connectivity index (χ1) is 14.2. The third kappa shape index (κ3) is 5.07. The molecule has 3 aromatic rings. The highest BCUT2D eigenvalue weighted by Crippen LogP contribution is 2.16. The first kappa shape index (κ1) is 19.3. The summed E-state index contributed by atoms with van der Waals surface area (Å²) in [4.78, 5) is 19.7. The SMILES string of the molecule is O=C(Cn1nnc(-c2ccccc2)n1)N1CCOC(COc2cncc(Cl)c2)C1. The number of hydrogen-bond acceptors (Lipinski definition) is 7. The minimum Gasteiger partial charge on any atom is -0.489 e. The summed E-state index contributed by atoms with van der Waals surface area (Å²) in [5, 5.41) is 12.8. The number of hydrogen-bond donors (Lipinski definition) is 0. The summed E-state index contributed by atoms with van der Waals surface area (Å²) in [5.74, 6) is 0.950. The molecule has 2 aromatic heterocycles. The molecule has 150 valence electrons. The summed E-state index contributed by atoms with van der Waals surface area (Å²) in [6, 6.07) is 11.2. The molecule has 0 spiro atoms. The molecule has 29 heavy (non-hydrogen) atoms. The fraction of sp³-hybridized carbons (Fsp3) is 0.316. The molecular formula is C19H19ClN6O3. The maximum absolute atomic E-state index is 12.7. The Morgan fingerprint density at radius 2 is 2.14 bits per heavy atom. The van der Waals surface area contributed by atoms with Crippen molar-refractivity contribution in [1.29, 1.82) is 0 Å². The third-order valence-corrected chi connectivity index (χ3v) is 4.58. The molecule has 1 fully saturated rings. The van der Waals surface area contributed by atoms with Crippen molar-refractivity contribution in [1.82, 2.24) is 30.1 Å². The summed E-state index contributed by atoms with van der Waals surface area (Å²) < 4.78 is 11.4. The normalized spacial score (nSPS) is 16.6. The first-order valence-electron chi connectivity index (χ1n) is 9.13. The van der Waals surface area contributed by atoms with Crippen LogP contribution in [0, 0.1) is 0 Å². The summed E-state index contributed by atoms with van der Waals surface area (Å²) in [6.07, 6.45) is 2.88. The number of rotatable bonds is 6. The molecule has 4 rings (SSSR count). The number of benzene rings is 1. The highest BCUT2D eigenvalue weighted by molar-refractivity contribution is 6.30. The lowest BCUT2D eigenvalue weighted by atomic mass is 10.2. The van der Waals surface area contributed by atoms with E-state index in [2.05, 4.69) is 20.4 Å². The molecule has 1 saturated heterocycles. The second kappa shape index (κ2) is 8.97. The van der Waals surface area contributed by atoms with Crippen LogP contribution in [0.25, 0.3) is 11.4 Å². The van der Waals surface area contributed by atoms with Gasteiger partial charge in [0.1, 0.15) is 25.0 Å². The van der Waals surface area contributed by atoms with Crippen LogP contribution in [-0.4, -0.2) is 68.4 Å². The van der Waals surface area contributed by atoms with Crippen LogP contribution in [0.1, 0.15) is 0 Å². The zero-order chi connectivity index (χ0) is 20.1. The predicted molar refractivity (Wildman–Crippen MR) is 104 cm³/mol. The second-order valence-electron chi connectivity index (χ2n) is 6.49. The van der Waals surface area contributed by atoms with Crippen LogP contribution < -0.4 is 4.74 Å². The molecule has 0 saturated carbocycles. The van der Waals surface area contributed by atoms with Gasteiger partial charge < -0.3 is 14.4 Å². The van der Waals surface area contributed by atoms with E-state index >= 15 is 0 Å². The largest absolute Gasteiger partial charge is 0.489 e. The zero-order valence-electron chi connectivity index (χ0n) is 15.5. The van der Waals surface area contributed by atoms with E-state index in [9.17, 15) is 4.79 Å². The van der Waals surface area contributed by atoms with Gasteiger partial charge in [-0.1, -0.05) is 41.9 Å². The highest BCUT2D eigenvalue weighted by Gasteiger charge is 2.25. The van der Waals surface area contributed by atoms with Gasteiger partial charge in [0.15, 0.2) is 0 Å². The Bertz CT molecular complexity index is 967. The van der Waals surface area contributed by atoms with Crippen molar-refractivity contribution in [3.63, 3.8) is 0 Å². The van der Waals surface area contributed by atoms with Crippen LogP contribution >= 0.6 is 11.6 Å². The van der Waals surface area contributed by atoms with Gasteiger partial charge in [0, 0.05) is 24.4 Å². The van der Waals surface area contributed by atoms with Crippen LogP contribution in [-0.2, 0) is 16.1 Å². The van der Waals surface area contributed by atoms with Gasteiger partial charge in [-0.15, -0.1) is 10.2 Å². The molecule has 1 aliphatic rings. The molecule has 3 heterocycles. The summed E-state index contributed by atoms with van der Waals surface area (Å²) >= 11 is 5.90. The number of halogens is 1. The van der Waals surface area contributed by atoms with Crippen molar-refractivity contribution < 1.29 is 14.3 Å². The number of carbonyl (C=O) groups is 1. The van der Waals surface area contributed by atoms with Gasteiger partial charge in [-0.2, -0.15) is 4.80 Å². The lowest BCUT2D eigenvalue weighted by Crippen LogP contribution is -2.48. The quantitative estimate of drug-likeness (QED) is 0.605. The molecule has 1 amide bonds. The van der Waals surface area contributed by atoms with Crippen molar-refractivity contribution in [3.8, 4) is 17.1 Å². The number of ether oxygens (including phenoxy) is 2. The van der Waals surface area contributed by atoms with Gasteiger partial charge in [0.05, 0.1) is 24.4 Å². The number of carbonyl (C=O) groups excluding carboxylic acids is 1. The Kier molecular flexibility index (Phi) is 5.97. The Balaban J connectivity index is 1.31. The van der Waals surface area contributed by atoms with E-state index in [-0.39, 0.29) is 18.6 Å². The molecule has 1 aromatic carbocycles. The summed E-state index contributed by atoms with van der Waals surface area (Å²) in [6.45, 7) is 1.69. The monoisotopic (exact) mass is 414 g/mol. The van der Waals surface area contributed by atoms with Crippen LogP contribution in [0.4, 0.5) is 0 Å². The standard InChI is InChI=1S/C19H19ClN6O3/c20-15-8-16(10-21-9-15)29-13-17-11-25(6-7-28-17)18(27)12-26-23-19(22-24-26)14-4-2-1-3-5-14/h1-5,8-10,17H,6-7,11-13H2. The van der Waals surface area contributed by atoms with E-state index in [1.54, 1.807) is 17.2 Å². The lowest BCUT2D eigenvalue weighted by Gasteiger charge is -2.32. The highest BCUT2D eigenvalue weighted by atomic mass is 35.5. The average Bonchev–Trinajstić information content (AvgIpc) is 3.22. The maximum Gasteiger partial charge on any atom is 0.246 e. The zero-order valence-corrected chi connectivity index (χ0v) is 16.3. The fourth-order valence-corrected chi connectivity index (χ4v) is 3.11. The summed E-state index contributed by atoms with van der Waals surface area (Å²) in [7, 11) is 0. The number of pyridine rings is 1. The van der Waals surface area contributed by atoms with Gasteiger partial charge in [-0.25, -0.2) is 0 Å². The fourth-order valence-electron chi connectivity index (χ4n) is 2.94. The molecular weight excluding hydrogens is 396 g/mol. The molecule has 1 atom stereocenters. The molecule has 0 aliphatic carbocycles. The van der Waals surface area contributed by atoms with Gasteiger partial charge in [0.2, 0.25) is 11.7 Å². The third-order valence-electron chi connectivity index (χ3n) is 4.37. The molecule has 1 unspecified atom stereocenters. The number of tetrazole rings is 1. The van der Waals surface area contributed by atoms with Crippen LogP contribution in [0.5, 0.6) is 5.75 Å². The molecule has 9 nitrogen and oxygen atoms in total. The minimum absolute atomic E-state index is 0.0195. The van der Waals surface area contributed by atoms with Crippen LogP contribution in [0.2, 0.25) is 5.02 Å². The van der Waals surface area contributed by atoms with Crippen molar-refractivity contribution in [3.05, 3.63) is 53.8 Å². The molecule has 0 bridgehead atoms. The van der Waals surface area contributed by atoms with Gasteiger partial charge in [-0.05, 0) is 5.21 Å². The minimum atomic E-state index is -0.240. The van der Waals surface area contributed by atoms with E-state index < -0.39 is 0 Å². The van der Waals surface area contributed by atoms with E-state index in [0.29, 0.717) is 42.9 Å². The Hall–Kier alpha value is -3.04. The molecule has 1 aliphatic heterocycles. The average molecular weight is 415 g/mol. The first-order valence-corrected chi connectivity index (χ1v) is 9.51. The van der Waals surface area contributed by atoms with Crippen molar-refractivity contribution in [2.75, 3.05) is 26.3 Å². The number of aromatic nitrogens is 5. The van der Waals surface area contributed by atoms with Gasteiger partial charge >= 0.3 is 0 Å². The van der Waals surface area contributed by atoms with Crippen molar-refractivity contribution >= 4 is 17.5 Å². The Labute approximate surface area is 172 Å². The van der Waals surface area contributed by atoms with Crippen molar-refractivity contribution in [2.45, 2.75) is 12.6 Å². The van der Waals surface area contributed by atoms with E-state index in [1.165, 1.54) is 11.0 Å². The number of morpholine rings is 1. The molecule has 10 heteroatoms. The van der Waals surface area contributed by atoms with E-state index in [1.807, 2.05) is 30.3 Å². The van der Waals surface area contributed by atoms with Crippen LogP contribution in [0.15, 0.2) is 48.8 Å². The molecule has 0 radical (unpaired) electrons. The Morgan fingerprint density at radius 3 is 2.97 bits per heavy atom.